The number of aryl methyl sites for hydroxylation is 2. The van der Waals surface area contributed by atoms with Gasteiger partial charge in [-0.2, -0.15) is 5.10 Å². The standard InChI is InChI=1S/C20H29N5O3/c1-22-14-16(13-18(22)26)20(28)24-9-6-23(7-10-24)8-11-25-19(27)12-15-4-2-3-5-17(15)21-25/h12,16H,2-11,13-14H2,1H3. The molecule has 0 bridgehead atoms. The van der Waals surface area contributed by atoms with E-state index in [0.717, 1.165) is 56.6 Å². The number of carbonyl (C=O) groups is 2. The van der Waals surface area contributed by atoms with E-state index in [1.807, 2.05) is 4.90 Å². The Kier molecular flexibility index (Phi) is 5.48. The number of piperazine rings is 1. The fourth-order valence-corrected chi connectivity index (χ4v) is 4.48. The molecule has 0 radical (unpaired) electrons. The van der Waals surface area contributed by atoms with Gasteiger partial charge in [-0.3, -0.25) is 19.3 Å². The van der Waals surface area contributed by atoms with Crippen LogP contribution in [0.3, 0.4) is 0 Å². The van der Waals surface area contributed by atoms with Crippen molar-refractivity contribution in [1.82, 2.24) is 24.5 Å². The first-order chi connectivity index (χ1) is 13.5. The molecule has 3 aliphatic rings. The largest absolute Gasteiger partial charge is 0.345 e. The number of fused-ring (bicyclic) bond motifs is 1. The molecule has 2 amide bonds. The molecule has 1 aromatic rings. The number of carbonyl (C=O) groups excluding carboxylic acids is 2. The molecule has 2 saturated heterocycles. The van der Waals surface area contributed by atoms with Crippen molar-refractivity contribution in [1.29, 1.82) is 0 Å². The molecule has 2 aliphatic heterocycles. The molecule has 2 fully saturated rings. The number of amides is 2. The summed E-state index contributed by atoms with van der Waals surface area (Å²) in [5, 5.41) is 4.58. The third-order valence-corrected chi connectivity index (χ3v) is 6.28. The Morgan fingerprint density at radius 2 is 1.86 bits per heavy atom. The molecule has 1 atom stereocenters. The van der Waals surface area contributed by atoms with Gasteiger partial charge in [0.25, 0.3) is 5.56 Å². The minimum absolute atomic E-state index is 0.00974. The fourth-order valence-electron chi connectivity index (χ4n) is 4.48. The molecule has 3 heterocycles. The van der Waals surface area contributed by atoms with Gasteiger partial charge in [0.1, 0.15) is 0 Å². The number of hydrogen-bond acceptors (Lipinski definition) is 5. The molecule has 1 aromatic heterocycles. The van der Waals surface area contributed by atoms with Crippen LogP contribution in [0.5, 0.6) is 0 Å². The Labute approximate surface area is 165 Å². The number of aromatic nitrogens is 2. The summed E-state index contributed by atoms with van der Waals surface area (Å²) >= 11 is 0. The Balaban J connectivity index is 1.28. The van der Waals surface area contributed by atoms with E-state index >= 15 is 0 Å². The van der Waals surface area contributed by atoms with Crippen molar-refractivity contribution in [3.63, 3.8) is 0 Å². The van der Waals surface area contributed by atoms with Crippen LogP contribution in [0.4, 0.5) is 0 Å². The van der Waals surface area contributed by atoms with Gasteiger partial charge < -0.3 is 9.80 Å². The zero-order valence-electron chi connectivity index (χ0n) is 16.6. The van der Waals surface area contributed by atoms with Crippen LogP contribution in [0.1, 0.15) is 30.5 Å². The third kappa shape index (κ3) is 3.97. The Morgan fingerprint density at radius 1 is 1.11 bits per heavy atom. The second-order valence-corrected chi connectivity index (χ2v) is 8.23. The summed E-state index contributed by atoms with van der Waals surface area (Å²) < 4.78 is 1.60. The number of likely N-dealkylation sites (tertiary alicyclic amines) is 1. The zero-order chi connectivity index (χ0) is 19.7. The van der Waals surface area contributed by atoms with Crippen molar-refractivity contribution in [2.45, 2.75) is 38.6 Å². The Hall–Kier alpha value is -2.22. The van der Waals surface area contributed by atoms with Crippen molar-refractivity contribution < 1.29 is 9.59 Å². The Morgan fingerprint density at radius 3 is 2.57 bits per heavy atom. The van der Waals surface area contributed by atoms with Gasteiger partial charge in [0.05, 0.1) is 18.2 Å². The van der Waals surface area contributed by atoms with Gasteiger partial charge in [-0.1, -0.05) is 0 Å². The predicted octanol–water partition coefficient (Wildman–Crippen LogP) is -0.255. The van der Waals surface area contributed by atoms with Crippen LogP contribution < -0.4 is 5.56 Å². The SMILES string of the molecule is CN1CC(C(=O)N2CCN(CCn3nc4c(cc3=O)CCCC4)CC2)CC1=O. The van der Waals surface area contributed by atoms with Crippen LogP contribution in [0.25, 0.3) is 0 Å². The van der Waals surface area contributed by atoms with Crippen LogP contribution in [0.2, 0.25) is 0 Å². The maximum Gasteiger partial charge on any atom is 0.267 e. The average molecular weight is 387 g/mol. The van der Waals surface area contributed by atoms with Crippen LogP contribution in [-0.4, -0.2) is 82.6 Å². The fraction of sp³-hybridized carbons (Fsp3) is 0.700. The van der Waals surface area contributed by atoms with Gasteiger partial charge in [-0.25, -0.2) is 4.68 Å². The lowest BCUT2D eigenvalue weighted by atomic mass is 9.97. The minimum atomic E-state index is -0.192. The average Bonchev–Trinajstić information content (AvgIpc) is 3.05. The zero-order valence-corrected chi connectivity index (χ0v) is 16.6. The lowest BCUT2D eigenvalue weighted by molar-refractivity contribution is -0.137. The predicted molar refractivity (Wildman–Crippen MR) is 104 cm³/mol. The second-order valence-electron chi connectivity index (χ2n) is 8.23. The number of nitrogens with zero attached hydrogens (tertiary/aromatic N) is 5. The van der Waals surface area contributed by atoms with E-state index in [-0.39, 0.29) is 23.3 Å². The maximum atomic E-state index is 12.6. The van der Waals surface area contributed by atoms with Crippen LogP contribution >= 0.6 is 0 Å². The molecular formula is C20H29N5O3. The molecule has 1 aliphatic carbocycles. The lowest BCUT2D eigenvalue weighted by Crippen LogP contribution is -2.51. The van der Waals surface area contributed by atoms with Crippen molar-refractivity contribution in [2.75, 3.05) is 46.3 Å². The van der Waals surface area contributed by atoms with Crippen molar-refractivity contribution >= 4 is 11.8 Å². The molecule has 4 rings (SSSR count). The van der Waals surface area contributed by atoms with Gasteiger partial charge in [-0.15, -0.1) is 0 Å². The minimum Gasteiger partial charge on any atom is -0.345 e. The third-order valence-electron chi connectivity index (χ3n) is 6.28. The summed E-state index contributed by atoms with van der Waals surface area (Å²) in [6.07, 6.45) is 4.57. The molecule has 0 aromatic carbocycles. The maximum absolute atomic E-state index is 12.6. The summed E-state index contributed by atoms with van der Waals surface area (Å²) in [5.41, 5.74) is 2.19. The molecule has 8 heteroatoms. The summed E-state index contributed by atoms with van der Waals surface area (Å²) in [7, 11) is 1.75. The highest BCUT2D eigenvalue weighted by Gasteiger charge is 2.35. The van der Waals surface area contributed by atoms with Crippen molar-refractivity contribution in [3.8, 4) is 0 Å². The molecule has 28 heavy (non-hydrogen) atoms. The second kappa shape index (κ2) is 8.03. The van der Waals surface area contributed by atoms with E-state index in [0.29, 0.717) is 32.6 Å². The highest BCUT2D eigenvalue weighted by atomic mass is 16.2. The monoisotopic (exact) mass is 387 g/mol. The highest BCUT2D eigenvalue weighted by Crippen LogP contribution is 2.20. The number of rotatable bonds is 4. The van der Waals surface area contributed by atoms with E-state index in [2.05, 4.69) is 10.00 Å². The molecule has 152 valence electrons. The van der Waals surface area contributed by atoms with E-state index in [4.69, 9.17) is 0 Å². The van der Waals surface area contributed by atoms with Crippen LogP contribution in [0, 0.1) is 5.92 Å². The molecule has 1 unspecified atom stereocenters. The molecule has 0 saturated carbocycles. The quantitative estimate of drug-likeness (QED) is 0.712. The summed E-state index contributed by atoms with van der Waals surface area (Å²) in [4.78, 5) is 42.4. The molecule has 0 spiro atoms. The summed E-state index contributed by atoms with van der Waals surface area (Å²) in [6.45, 7) is 4.83. The van der Waals surface area contributed by atoms with Gasteiger partial charge in [-0.05, 0) is 31.2 Å². The van der Waals surface area contributed by atoms with E-state index in [1.165, 1.54) is 0 Å². The molecule has 8 nitrogen and oxygen atoms in total. The van der Waals surface area contributed by atoms with Gasteiger partial charge in [0.15, 0.2) is 0 Å². The van der Waals surface area contributed by atoms with E-state index in [9.17, 15) is 14.4 Å². The van der Waals surface area contributed by atoms with Crippen LogP contribution in [-0.2, 0) is 29.0 Å². The normalized spacial score (nSPS) is 23.2. The Bertz CT molecular complexity index is 813. The van der Waals surface area contributed by atoms with Crippen LogP contribution in [0.15, 0.2) is 10.9 Å². The summed E-state index contributed by atoms with van der Waals surface area (Å²) in [5.74, 6) is -0.0350. The van der Waals surface area contributed by atoms with Crippen molar-refractivity contribution in [2.24, 2.45) is 5.92 Å². The highest BCUT2D eigenvalue weighted by molar-refractivity contribution is 5.89. The topological polar surface area (TPSA) is 78.8 Å². The van der Waals surface area contributed by atoms with Gasteiger partial charge >= 0.3 is 0 Å². The van der Waals surface area contributed by atoms with E-state index in [1.54, 1.807) is 22.7 Å². The summed E-state index contributed by atoms with van der Waals surface area (Å²) in [6, 6.07) is 1.76. The van der Waals surface area contributed by atoms with Crippen molar-refractivity contribution in [3.05, 3.63) is 27.7 Å². The van der Waals surface area contributed by atoms with Gasteiger partial charge in [0, 0.05) is 58.8 Å². The molecule has 0 N–H and O–H groups in total. The van der Waals surface area contributed by atoms with E-state index < -0.39 is 0 Å². The number of hydrogen-bond donors (Lipinski definition) is 0. The smallest absolute Gasteiger partial charge is 0.267 e. The lowest BCUT2D eigenvalue weighted by Gasteiger charge is -2.35. The van der Waals surface area contributed by atoms with Gasteiger partial charge in [0.2, 0.25) is 11.8 Å². The first-order valence-electron chi connectivity index (χ1n) is 10.4. The first kappa shape index (κ1) is 19.1. The molecular weight excluding hydrogens is 358 g/mol. The first-order valence-corrected chi connectivity index (χ1v) is 10.4.